The maximum absolute atomic E-state index is 10.7. The lowest BCUT2D eigenvalue weighted by atomic mass is 10.2. The van der Waals surface area contributed by atoms with Crippen molar-refractivity contribution in [2.75, 3.05) is 0 Å². The molecule has 0 saturated heterocycles. The standard InChI is InChI=1S/C10H14N2O2/c1-7(10(12)13)14-9-4-2-3-8(5-9)6-11/h2-5,7H,6,11H2,1H3,(H2,12,13). The highest BCUT2D eigenvalue weighted by atomic mass is 16.5. The predicted molar refractivity (Wildman–Crippen MR) is 53.6 cm³/mol. The van der Waals surface area contributed by atoms with E-state index in [1.807, 2.05) is 12.1 Å². The number of hydrogen-bond donors (Lipinski definition) is 2. The molecule has 0 aromatic heterocycles. The number of ether oxygens (including phenoxy) is 1. The zero-order chi connectivity index (χ0) is 10.6. The van der Waals surface area contributed by atoms with Gasteiger partial charge in [0.05, 0.1) is 0 Å². The summed E-state index contributed by atoms with van der Waals surface area (Å²) in [5.74, 6) is 0.127. The Morgan fingerprint density at radius 1 is 1.57 bits per heavy atom. The lowest BCUT2D eigenvalue weighted by Gasteiger charge is -2.11. The zero-order valence-electron chi connectivity index (χ0n) is 8.07. The minimum Gasteiger partial charge on any atom is -0.481 e. The van der Waals surface area contributed by atoms with E-state index in [4.69, 9.17) is 16.2 Å². The Morgan fingerprint density at radius 3 is 2.86 bits per heavy atom. The van der Waals surface area contributed by atoms with Crippen LogP contribution in [0.3, 0.4) is 0 Å². The molecular weight excluding hydrogens is 180 g/mol. The van der Waals surface area contributed by atoms with Crippen molar-refractivity contribution in [1.82, 2.24) is 0 Å². The second kappa shape index (κ2) is 4.62. The normalized spacial score (nSPS) is 12.1. The molecule has 1 aromatic carbocycles. The van der Waals surface area contributed by atoms with Gasteiger partial charge < -0.3 is 16.2 Å². The zero-order valence-corrected chi connectivity index (χ0v) is 8.07. The summed E-state index contributed by atoms with van der Waals surface area (Å²) < 4.78 is 5.29. The van der Waals surface area contributed by atoms with E-state index in [2.05, 4.69) is 0 Å². The Labute approximate surface area is 82.8 Å². The number of primary amides is 1. The van der Waals surface area contributed by atoms with E-state index in [1.165, 1.54) is 0 Å². The van der Waals surface area contributed by atoms with Crippen LogP contribution in [0, 0.1) is 0 Å². The maximum Gasteiger partial charge on any atom is 0.258 e. The Hall–Kier alpha value is -1.55. The summed E-state index contributed by atoms with van der Waals surface area (Å²) in [6.07, 6.45) is -0.622. The van der Waals surface area contributed by atoms with Crippen molar-refractivity contribution in [2.45, 2.75) is 19.6 Å². The van der Waals surface area contributed by atoms with Gasteiger partial charge in [-0.25, -0.2) is 0 Å². The summed E-state index contributed by atoms with van der Waals surface area (Å²) in [6, 6.07) is 7.27. The molecule has 0 saturated carbocycles. The molecule has 1 unspecified atom stereocenters. The summed E-state index contributed by atoms with van der Waals surface area (Å²) in [4.78, 5) is 10.7. The third-order valence-corrected chi connectivity index (χ3v) is 1.85. The van der Waals surface area contributed by atoms with Crippen LogP contribution < -0.4 is 16.2 Å². The van der Waals surface area contributed by atoms with Gasteiger partial charge in [-0.2, -0.15) is 0 Å². The van der Waals surface area contributed by atoms with Crippen LogP contribution in [0.2, 0.25) is 0 Å². The van der Waals surface area contributed by atoms with Crippen molar-refractivity contribution in [1.29, 1.82) is 0 Å². The minimum absolute atomic E-state index is 0.447. The van der Waals surface area contributed by atoms with Crippen molar-refractivity contribution in [2.24, 2.45) is 11.5 Å². The fraction of sp³-hybridized carbons (Fsp3) is 0.300. The summed E-state index contributed by atoms with van der Waals surface area (Å²) >= 11 is 0. The van der Waals surface area contributed by atoms with E-state index >= 15 is 0 Å². The number of carbonyl (C=O) groups is 1. The molecule has 0 spiro atoms. The van der Waals surface area contributed by atoms with Gasteiger partial charge in [0.25, 0.3) is 5.91 Å². The lowest BCUT2D eigenvalue weighted by Crippen LogP contribution is -2.30. The summed E-state index contributed by atoms with van der Waals surface area (Å²) in [7, 11) is 0. The van der Waals surface area contributed by atoms with E-state index in [9.17, 15) is 4.79 Å². The second-order valence-corrected chi connectivity index (χ2v) is 3.01. The molecule has 0 aliphatic heterocycles. The molecule has 4 N–H and O–H groups in total. The highest BCUT2D eigenvalue weighted by molar-refractivity contribution is 5.78. The van der Waals surface area contributed by atoms with E-state index in [0.717, 1.165) is 5.56 Å². The molecule has 0 heterocycles. The molecule has 1 atom stereocenters. The van der Waals surface area contributed by atoms with Crippen molar-refractivity contribution in [3.8, 4) is 5.75 Å². The first-order valence-electron chi connectivity index (χ1n) is 4.38. The van der Waals surface area contributed by atoms with Crippen molar-refractivity contribution >= 4 is 5.91 Å². The molecule has 0 aliphatic carbocycles. The molecule has 76 valence electrons. The van der Waals surface area contributed by atoms with Gasteiger partial charge in [0.2, 0.25) is 0 Å². The highest BCUT2D eigenvalue weighted by Crippen LogP contribution is 2.14. The van der Waals surface area contributed by atoms with Crippen LogP contribution in [-0.2, 0) is 11.3 Å². The Morgan fingerprint density at radius 2 is 2.29 bits per heavy atom. The van der Waals surface area contributed by atoms with Gasteiger partial charge in [-0.15, -0.1) is 0 Å². The number of amides is 1. The maximum atomic E-state index is 10.7. The van der Waals surface area contributed by atoms with Crippen LogP contribution in [0.25, 0.3) is 0 Å². The first-order chi connectivity index (χ1) is 6.63. The number of benzene rings is 1. The highest BCUT2D eigenvalue weighted by Gasteiger charge is 2.09. The number of rotatable bonds is 4. The van der Waals surface area contributed by atoms with Crippen LogP contribution in [0.5, 0.6) is 5.75 Å². The van der Waals surface area contributed by atoms with Gasteiger partial charge in [-0.05, 0) is 24.6 Å². The summed E-state index contributed by atoms with van der Waals surface area (Å²) in [5, 5.41) is 0. The molecule has 14 heavy (non-hydrogen) atoms. The van der Waals surface area contributed by atoms with Crippen molar-refractivity contribution in [3.05, 3.63) is 29.8 Å². The van der Waals surface area contributed by atoms with Gasteiger partial charge in [-0.3, -0.25) is 4.79 Å². The molecule has 1 amide bonds. The van der Waals surface area contributed by atoms with Gasteiger partial charge >= 0.3 is 0 Å². The average molecular weight is 194 g/mol. The van der Waals surface area contributed by atoms with Crippen LogP contribution in [0.1, 0.15) is 12.5 Å². The molecule has 1 rings (SSSR count). The van der Waals surface area contributed by atoms with Crippen LogP contribution in [0.15, 0.2) is 24.3 Å². The molecule has 0 radical (unpaired) electrons. The first kappa shape index (κ1) is 10.5. The minimum atomic E-state index is -0.622. The fourth-order valence-corrected chi connectivity index (χ4v) is 1.01. The second-order valence-electron chi connectivity index (χ2n) is 3.01. The fourth-order valence-electron chi connectivity index (χ4n) is 1.01. The molecule has 4 heteroatoms. The summed E-state index contributed by atoms with van der Waals surface area (Å²) in [5.41, 5.74) is 11.5. The van der Waals surface area contributed by atoms with Gasteiger partial charge in [0.15, 0.2) is 6.10 Å². The largest absolute Gasteiger partial charge is 0.481 e. The SMILES string of the molecule is CC(Oc1cccc(CN)c1)C(N)=O. The molecule has 4 nitrogen and oxygen atoms in total. The van der Waals surface area contributed by atoms with E-state index in [-0.39, 0.29) is 0 Å². The quantitative estimate of drug-likeness (QED) is 0.728. The van der Waals surface area contributed by atoms with Crippen molar-refractivity contribution in [3.63, 3.8) is 0 Å². The van der Waals surface area contributed by atoms with Crippen LogP contribution >= 0.6 is 0 Å². The summed E-state index contributed by atoms with van der Waals surface area (Å²) in [6.45, 7) is 2.06. The van der Waals surface area contributed by atoms with E-state index in [0.29, 0.717) is 12.3 Å². The van der Waals surface area contributed by atoms with Crippen LogP contribution in [-0.4, -0.2) is 12.0 Å². The van der Waals surface area contributed by atoms with E-state index in [1.54, 1.807) is 19.1 Å². The topological polar surface area (TPSA) is 78.3 Å². The van der Waals surface area contributed by atoms with E-state index < -0.39 is 12.0 Å². The third kappa shape index (κ3) is 2.74. The molecule has 1 aromatic rings. The Kier molecular flexibility index (Phi) is 3.48. The molecule has 0 bridgehead atoms. The van der Waals surface area contributed by atoms with Gasteiger partial charge in [0.1, 0.15) is 5.75 Å². The smallest absolute Gasteiger partial charge is 0.258 e. The predicted octanol–water partition coefficient (Wildman–Crippen LogP) is 0.398. The molecular formula is C10H14N2O2. The average Bonchev–Trinajstić information content (AvgIpc) is 2.18. The van der Waals surface area contributed by atoms with Gasteiger partial charge in [0, 0.05) is 6.54 Å². The molecule has 0 fully saturated rings. The number of carbonyl (C=O) groups excluding carboxylic acids is 1. The number of hydrogen-bond acceptors (Lipinski definition) is 3. The Bertz CT molecular complexity index is 326. The first-order valence-corrected chi connectivity index (χ1v) is 4.38. The third-order valence-electron chi connectivity index (χ3n) is 1.85. The monoisotopic (exact) mass is 194 g/mol. The molecule has 0 aliphatic rings. The van der Waals surface area contributed by atoms with Crippen LogP contribution in [0.4, 0.5) is 0 Å². The van der Waals surface area contributed by atoms with Gasteiger partial charge in [-0.1, -0.05) is 12.1 Å². The lowest BCUT2D eigenvalue weighted by molar-refractivity contribution is -0.123. The Balaban J connectivity index is 2.71. The number of nitrogens with two attached hydrogens (primary N) is 2. The van der Waals surface area contributed by atoms with Crippen molar-refractivity contribution < 1.29 is 9.53 Å².